The molecule has 0 aromatic carbocycles. The molecule has 4 heteroatoms. The second-order valence-corrected chi connectivity index (χ2v) is 1.83. The van der Waals surface area contributed by atoms with Crippen LogP contribution in [-0.2, 0) is 4.74 Å². The fraction of sp³-hybridized carbons (Fsp3) is 0.800. The molecule has 3 nitrogen and oxygen atoms in total. The number of ether oxygens (including phenoxy) is 1. The predicted molar refractivity (Wildman–Crippen MR) is 33.5 cm³/mol. The van der Waals surface area contributed by atoms with E-state index in [0.717, 1.165) is 0 Å². The van der Waals surface area contributed by atoms with Gasteiger partial charge in [-0.05, 0) is 12.8 Å². The Morgan fingerprint density at radius 1 is 1.56 bits per heavy atom. The standard InChI is InChI=1S/C5H9ClO3/c6-5(8)9-4-2-1-3-7/h7H,1-4H2. The molecule has 0 aromatic rings. The number of hydrogen-bond acceptors (Lipinski definition) is 3. The molecule has 0 radical (unpaired) electrons. The number of rotatable bonds is 4. The molecule has 0 fully saturated rings. The molecule has 0 atom stereocenters. The first-order valence-corrected chi connectivity index (χ1v) is 3.08. The summed E-state index contributed by atoms with van der Waals surface area (Å²) < 4.78 is 4.36. The third-order valence-electron chi connectivity index (χ3n) is 0.768. The monoisotopic (exact) mass is 152 g/mol. The van der Waals surface area contributed by atoms with Crippen LogP contribution in [0.15, 0.2) is 0 Å². The van der Waals surface area contributed by atoms with Gasteiger partial charge in [0.1, 0.15) is 0 Å². The zero-order chi connectivity index (χ0) is 7.11. The van der Waals surface area contributed by atoms with Crippen LogP contribution in [0, 0.1) is 0 Å². The Hall–Kier alpha value is -0.280. The summed E-state index contributed by atoms with van der Waals surface area (Å²) in [5.74, 6) is 0. The van der Waals surface area contributed by atoms with Crippen LogP contribution >= 0.6 is 11.6 Å². The van der Waals surface area contributed by atoms with E-state index in [-0.39, 0.29) is 6.61 Å². The number of aliphatic hydroxyl groups is 1. The van der Waals surface area contributed by atoms with Crippen molar-refractivity contribution in [2.45, 2.75) is 12.8 Å². The second-order valence-electron chi connectivity index (χ2n) is 1.52. The van der Waals surface area contributed by atoms with E-state index in [4.69, 9.17) is 16.7 Å². The molecular formula is C5H9ClO3. The van der Waals surface area contributed by atoms with Crippen molar-refractivity contribution in [1.29, 1.82) is 0 Å². The molecule has 0 heterocycles. The predicted octanol–water partition coefficient (Wildman–Crippen LogP) is 1.13. The molecule has 0 aliphatic rings. The zero-order valence-electron chi connectivity index (χ0n) is 4.97. The highest BCUT2D eigenvalue weighted by molar-refractivity contribution is 6.61. The van der Waals surface area contributed by atoms with Crippen LogP contribution in [0.25, 0.3) is 0 Å². The molecule has 0 rings (SSSR count). The van der Waals surface area contributed by atoms with Crippen molar-refractivity contribution in [1.82, 2.24) is 0 Å². The van der Waals surface area contributed by atoms with Gasteiger partial charge in [0.05, 0.1) is 6.61 Å². The Balaban J connectivity index is 2.83. The number of unbranched alkanes of at least 4 members (excludes halogenated alkanes) is 1. The molecule has 0 aliphatic carbocycles. The van der Waals surface area contributed by atoms with Crippen molar-refractivity contribution in [3.63, 3.8) is 0 Å². The molecule has 0 spiro atoms. The lowest BCUT2D eigenvalue weighted by atomic mass is 10.3. The van der Waals surface area contributed by atoms with Crippen LogP contribution in [0.5, 0.6) is 0 Å². The summed E-state index contributed by atoms with van der Waals surface area (Å²) in [6.07, 6.45) is 1.30. The van der Waals surface area contributed by atoms with Crippen LogP contribution in [0.3, 0.4) is 0 Å². The zero-order valence-corrected chi connectivity index (χ0v) is 5.73. The largest absolute Gasteiger partial charge is 0.454 e. The third kappa shape index (κ3) is 7.72. The first-order valence-electron chi connectivity index (χ1n) is 2.70. The summed E-state index contributed by atoms with van der Waals surface area (Å²) in [5, 5.41) is 8.26. The Morgan fingerprint density at radius 2 is 2.22 bits per heavy atom. The van der Waals surface area contributed by atoms with Crippen molar-refractivity contribution in [3.05, 3.63) is 0 Å². The van der Waals surface area contributed by atoms with Crippen molar-refractivity contribution >= 4 is 17.0 Å². The van der Waals surface area contributed by atoms with E-state index in [1.165, 1.54) is 0 Å². The number of aliphatic hydroxyl groups excluding tert-OH is 1. The van der Waals surface area contributed by atoms with E-state index in [1.807, 2.05) is 0 Å². The Morgan fingerprint density at radius 3 is 2.67 bits per heavy atom. The van der Waals surface area contributed by atoms with E-state index in [0.29, 0.717) is 19.4 Å². The van der Waals surface area contributed by atoms with Gasteiger partial charge in [0.15, 0.2) is 0 Å². The van der Waals surface area contributed by atoms with E-state index in [1.54, 1.807) is 0 Å². The summed E-state index contributed by atoms with van der Waals surface area (Å²) in [7, 11) is 0. The lowest BCUT2D eigenvalue weighted by Gasteiger charge is -1.96. The fourth-order valence-corrected chi connectivity index (χ4v) is 0.443. The molecular weight excluding hydrogens is 144 g/mol. The number of halogens is 1. The van der Waals surface area contributed by atoms with Gasteiger partial charge in [-0.25, -0.2) is 4.79 Å². The SMILES string of the molecule is O=C(Cl)OCCCCO. The number of carbonyl (C=O) groups excluding carboxylic acids is 1. The van der Waals surface area contributed by atoms with E-state index >= 15 is 0 Å². The molecule has 0 unspecified atom stereocenters. The second kappa shape index (κ2) is 5.85. The lowest BCUT2D eigenvalue weighted by molar-refractivity contribution is 0.166. The first kappa shape index (κ1) is 8.72. The van der Waals surface area contributed by atoms with Crippen molar-refractivity contribution in [2.75, 3.05) is 13.2 Å². The van der Waals surface area contributed by atoms with Gasteiger partial charge >= 0.3 is 5.43 Å². The van der Waals surface area contributed by atoms with Crippen LogP contribution in [0.1, 0.15) is 12.8 Å². The molecule has 0 aromatic heterocycles. The highest BCUT2D eigenvalue weighted by Crippen LogP contribution is 1.91. The normalized spacial score (nSPS) is 9.11. The average molecular weight is 153 g/mol. The van der Waals surface area contributed by atoms with E-state index < -0.39 is 5.43 Å². The van der Waals surface area contributed by atoms with E-state index in [2.05, 4.69) is 4.74 Å². The summed E-state index contributed by atoms with van der Waals surface area (Å²) in [6.45, 7) is 0.419. The van der Waals surface area contributed by atoms with Crippen LogP contribution in [-0.4, -0.2) is 23.7 Å². The maximum atomic E-state index is 9.89. The maximum absolute atomic E-state index is 9.89. The van der Waals surface area contributed by atoms with Crippen LogP contribution < -0.4 is 0 Å². The Labute approximate surface area is 58.6 Å². The smallest absolute Gasteiger partial charge is 0.403 e. The van der Waals surface area contributed by atoms with Gasteiger partial charge in [-0.1, -0.05) is 0 Å². The third-order valence-corrected chi connectivity index (χ3v) is 0.877. The molecule has 0 bridgehead atoms. The van der Waals surface area contributed by atoms with Crippen LogP contribution in [0.4, 0.5) is 4.79 Å². The van der Waals surface area contributed by atoms with Gasteiger partial charge in [0, 0.05) is 18.2 Å². The van der Waals surface area contributed by atoms with Gasteiger partial charge in [-0.2, -0.15) is 0 Å². The molecule has 9 heavy (non-hydrogen) atoms. The van der Waals surface area contributed by atoms with E-state index in [9.17, 15) is 4.79 Å². The first-order chi connectivity index (χ1) is 4.27. The Kier molecular flexibility index (Phi) is 5.67. The minimum atomic E-state index is -0.784. The average Bonchev–Trinajstić information content (AvgIpc) is 1.80. The number of carbonyl (C=O) groups is 1. The van der Waals surface area contributed by atoms with Gasteiger partial charge in [-0.15, -0.1) is 0 Å². The molecule has 0 aliphatic heterocycles. The molecule has 0 amide bonds. The molecule has 0 saturated heterocycles. The van der Waals surface area contributed by atoms with Crippen molar-refractivity contribution < 1.29 is 14.6 Å². The summed E-state index contributed by atoms with van der Waals surface area (Å²) in [6, 6.07) is 0. The Bertz CT molecular complexity index is 84.3. The van der Waals surface area contributed by atoms with Gasteiger partial charge in [0.25, 0.3) is 0 Å². The van der Waals surface area contributed by atoms with Gasteiger partial charge in [0.2, 0.25) is 0 Å². The lowest BCUT2D eigenvalue weighted by Crippen LogP contribution is -1.97. The topological polar surface area (TPSA) is 46.5 Å². The van der Waals surface area contributed by atoms with Gasteiger partial charge < -0.3 is 9.84 Å². The minimum Gasteiger partial charge on any atom is -0.454 e. The maximum Gasteiger partial charge on any atom is 0.403 e. The van der Waals surface area contributed by atoms with Crippen LogP contribution in [0.2, 0.25) is 0 Å². The highest BCUT2D eigenvalue weighted by atomic mass is 35.5. The van der Waals surface area contributed by atoms with Gasteiger partial charge in [-0.3, -0.25) is 0 Å². The summed E-state index contributed by atoms with van der Waals surface area (Å²) in [5.41, 5.74) is -0.784. The minimum absolute atomic E-state index is 0.125. The molecule has 54 valence electrons. The summed E-state index contributed by atoms with van der Waals surface area (Å²) >= 11 is 4.83. The molecule has 1 N–H and O–H groups in total. The fourth-order valence-electron chi connectivity index (χ4n) is 0.366. The summed E-state index contributed by atoms with van der Waals surface area (Å²) in [4.78, 5) is 9.89. The molecule has 0 saturated carbocycles. The van der Waals surface area contributed by atoms with Crippen molar-refractivity contribution in [2.24, 2.45) is 0 Å². The quantitative estimate of drug-likeness (QED) is 0.485. The number of hydrogen-bond donors (Lipinski definition) is 1. The van der Waals surface area contributed by atoms with Crippen molar-refractivity contribution in [3.8, 4) is 0 Å². The highest BCUT2D eigenvalue weighted by Gasteiger charge is 1.92.